The van der Waals surface area contributed by atoms with Gasteiger partial charge in [-0.3, -0.25) is 18.9 Å². The molecule has 5 atom stereocenters. The lowest BCUT2D eigenvalue weighted by atomic mass is 9.89. The van der Waals surface area contributed by atoms with Gasteiger partial charge >= 0.3 is 19.5 Å². The van der Waals surface area contributed by atoms with E-state index in [2.05, 4.69) is 4.90 Å². The van der Waals surface area contributed by atoms with E-state index in [1.807, 2.05) is 9.88 Å². The Kier molecular flexibility index (Phi) is 13.1. The third-order valence-electron chi connectivity index (χ3n) is 9.65. The van der Waals surface area contributed by atoms with Crippen molar-refractivity contribution in [3.05, 3.63) is 33.1 Å². The van der Waals surface area contributed by atoms with Crippen LogP contribution in [0.4, 0.5) is 4.79 Å². The molecule has 1 aromatic heterocycles. The average Bonchev–Trinajstić information content (AvgIpc) is 3.38. The van der Waals surface area contributed by atoms with Gasteiger partial charge in [0, 0.05) is 50.5 Å². The number of aromatic nitrogens is 2. The Balaban J connectivity index is 0.000000189. The van der Waals surface area contributed by atoms with Crippen molar-refractivity contribution < 1.29 is 43.2 Å². The quantitative estimate of drug-likeness (QED) is 0.298. The Bertz CT molecular complexity index is 1290. The van der Waals surface area contributed by atoms with Gasteiger partial charge in [-0.2, -0.15) is 0 Å². The minimum absolute atomic E-state index is 0.222. The molecule has 3 saturated heterocycles. The van der Waals surface area contributed by atoms with E-state index in [-0.39, 0.29) is 13.1 Å². The lowest BCUT2D eigenvalue weighted by Crippen LogP contribution is -2.56. The van der Waals surface area contributed by atoms with Gasteiger partial charge in [-0.15, -0.1) is 0 Å². The molecule has 2 saturated carbocycles. The van der Waals surface area contributed by atoms with E-state index in [0.29, 0.717) is 44.5 Å². The van der Waals surface area contributed by atoms with E-state index in [1.54, 1.807) is 0 Å². The molecule has 47 heavy (non-hydrogen) atoms. The highest BCUT2D eigenvalue weighted by atomic mass is 31.2. The van der Waals surface area contributed by atoms with Gasteiger partial charge in [-0.25, -0.2) is 18.8 Å². The van der Waals surface area contributed by atoms with Crippen molar-refractivity contribution in [1.29, 1.82) is 0 Å². The number of ether oxygens (including phenoxy) is 3. The molecule has 0 bridgehead atoms. The summed E-state index contributed by atoms with van der Waals surface area (Å²) in [6, 6.07) is 2.36. The third kappa shape index (κ3) is 9.31. The zero-order valence-electron chi connectivity index (χ0n) is 26.9. The Morgan fingerprint density at radius 1 is 0.894 bits per heavy atom. The molecule has 16 nitrogen and oxygen atoms in total. The molecule has 5 aliphatic rings. The molecule has 5 fully saturated rings. The standard InChI is InChI=1S/C17H30N2O2.C13H20N3O9P/c20-17(18-11-13-21-14-12-18)19(15-7-3-1-4-8-15)16-9-5-2-6-10-16;17-9-1-2-16(13(20)14-9)12-11(19)10(18)8(25-12)7-24-26(21,22)15-3-5-23-6-4-15/h15-16H,1-14H2;1-2,8,10-12,18-19H,3-7H2,(H,21,22)(H,14,17,20)/t;8-,10-,11-,12-/m.1/s1. The zero-order chi connectivity index (χ0) is 33.4. The van der Waals surface area contributed by atoms with Crippen LogP contribution < -0.4 is 11.2 Å². The third-order valence-corrected chi connectivity index (χ3v) is 11.3. The molecule has 2 amide bonds. The molecule has 1 unspecified atom stereocenters. The molecular weight excluding hydrogens is 637 g/mol. The van der Waals surface area contributed by atoms with Crippen LogP contribution in [-0.4, -0.2) is 135 Å². The number of aliphatic hydroxyl groups is 2. The maximum absolute atomic E-state index is 13.1. The number of carbonyl (C=O) groups is 1. The highest BCUT2D eigenvalue weighted by Crippen LogP contribution is 2.47. The minimum atomic E-state index is -4.11. The van der Waals surface area contributed by atoms with Crippen LogP contribution in [0.25, 0.3) is 0 Å². The van der Waals surface area contributed by atoms with Crippen molar-refractivity contribution in [2.75, 3.05) is 59.2 Å². The van der Waals surface area contributed by atoms with Crippen LogP contribution in [0.2, 0.25) is 0 Å². The maximum Gasteiger partial charge on any atom is 0.405 e. The largest absolute Gasteiger partial charge is 0.405 e. The van der Waals surface area contributed by atoms with Gasteiger partial charge in [0.2, 0.25) is 0 Å². The molecule has 17 heteroatoms. The Morgan fingerprint density at radius 2 is 1.45 bits per heavy atom. The summed E-state index contributed by atoms with van der Waals surface area (Å²) in [6.45, 7) is 3.52. The Labute approximate surface area is 274 Å². The fourth-order valence-corrected chi connectivity index (χ4v) is 8.20. The molecule has 2 aliphatic carbocycles. The smallest absolute Gasteiger partial charge is 0.387 e. The lowest BCUT2D eigenvalue weighted by molar-refractivity contribution is -0.0545. The Morgan fingerprint density at radius 3 is 2.00 bits per heavy atom. The van der Waals surface area contributed by atoms with Gasteiger partial charge in [-0.05, 0) is 25.7 Å². The first kappa shape index (κ1) is 36.1. The number of amides is 2. The summed E-state index contributed by atoms with van der Waals surface area (Å²) in [4.78, 5) is 52.4. The predicted octanol–water partition coefficient (Wildman–Crippen LogP) is 1.01. The van der Waals surface area contributed by atoms with Crippen LogP contribution >= 0.6 is 7.75 Å². The Hall–Kier alpha value is -2.14. The molecule has 3 aliphatic heterocycles. The van der Waals surface area contributed by atoms with Crippen LogP contribution in [0.15, 0.2) is 21.9 Å². The number of carbonyl (C=O) groups excluding carboxylic acids is 1. The number of rotatable bonds is 7. The maximum atomic E-state index is 13.1. The first-order valence-electron chi connectivity index (χ1n) is 16.9. The zero-order valence-corrected chi connectivity index (χ0v) is 27.8. The SMILES string of the molecule is O=C(N1CCOCC1)N(C1CCCCC1)C1CCCCC1.O=c1ccn([C@@H]2O[C@H](COP(=O)(O)N3CCOCC3)[C@@H](O)[C@H]2O)c(=O)[nH]1. The minimum Gasteiger partial charge on any atom is -0.387 e. The monoisotopic (exact) mass is 687 g/mol. The second kappa shape index (κ2) is 17.0. The van der Waals surface area contributed by atoms with E-state index >= 15 is 0 Å². The number of nitrogens with one attached hydrogen (secondary N) is 1. The van der Waals surface area contributed by atoms with Crippen molar-refractivity contribution in [2.24, 2.45) is 0 Å². The van der Waals surface area contributed by atoms with Crippen LogP contribution in [-0.2, 0) is 23.3 Å². The number of hydrogen-bond acceptors (Lipinski definition) is 10. The summed E-state index contributed by atoms with van der Waals surface area (Å²) in [5.74, 6) is 0. The van der Waals surface area contributed by atoms with Crippen LogP contribution in [0.1, 0.15) is 70.4 Å². The highest BCUT2D eigenvalue weighted by molar-refractivity contribution is 7.50. The van der Waals surface area contributed by atoms with E-state index in [9.17, 15) is 34.1 Å². The number of aliphatic hydroxyl groups excluding tert-OH is 2. The van der Waals surface area contributed by atoms with Crippen molar-refractivity contribution >= 4 is 13.8 Å². The van der Waals surface area contributed by atoms with Crippen molar-refractivity contribution in [2.45, 2.75) is 101 Å². The number of aromatic amines is 1. The number of H-pyrrole nitrogens is 1. The molecule has 4 heterocycles. The summed E-state index contributed by atoms with van der Waals surface area (Å²) in [6.07, 6.45) is 8.50. The number of urea groups is 1. The van der Waals surface area contributed by atoms with Gasteiger partial charge in [-0.1, -0.05) is 38.5 Å². The van der Waals surface area contributed by atoms with E-state index < -0.39 is 50.1 Å². The van der Waals surface area contributed by atoms with Gasteiger partial charge < -0.3 is 39.1 Å². The summed E-state index contributed by atoms with van der Waals surface area (Å²) in [7, 11) is -4.11. The lowest BCUT2D eigenvalue weighted by Gasteiger charge is -2.44. The van der Waals surface area contributed by atoms with Crippen LogP contribution in [0.3, 0.4) is 0 Å². The summed E-state index contributed by atoms with van der Waals surface area (Å²) in [5, 5.41) is 20.2. The molecule has 0 radical (unpaired) electrons. The molecule has 0 aromatic carbocycles. The van der Waals surface area contributed by atoms with Gasteiger partial charge in [0.1, 0.15) is 18.3 Å². The highest BCUT2D eigenvalue weighted by Gasteiger charge is 2.45. The predicted molar refractivity (Wildman–Crippen MR) is 169 cm³/mol. The van der Waals surface area contributed by atoms with Crippen molar-refractivity contribution in [3.63, 3.8) is 0 Å². The average molecular weight is 688 g/mol. The molecule has 4 N–H and O–H groups in total. The van der Waals surface area contributed by atoms with Crippen LogP contribution in [0.5, 0.6) is 0 Å². The van der Waals surface area contributed by atoms with E-state index in [1.165, 1.54) is 68.9 Å². The summed E-state index contributed by atoms with van der Waals surface area (Å²) < 4.78 is 35.4. The van der Waals surface area contributed by atoms with E-state index in [4.69, 9.17) is 18.7 Å². The molecular formula is C30H50N5O11P. The second-order valence-corrected chi connectivity index (χ2v) is 14.6. The fraction of sp³-hybridized carbons (Fsp3) is 0.833. The topological polar surface area (TPSA) is 196 Å². The first-order chi connectivity index (χ1) is 22.7. The summed E-state index contributed by atoms with van der Waals surface area (Å²) in [5.41, 5.74) is -1.44. The molecule has 1 aromatic rings. The number of nitrogens with zero attached hydrogens (tertiary/aromatic N) is 4. The van der Waals surface area contributed by atoms with Gasteiger partial charge in [0.25, 0.3) is 5.56 Å². The molecule has 266 valence electrons. The van der Waals surface area contributed by atoms with Crippen molar-refractivity contribution in [1.82, 2.24) is 24.0 Å². The normalized spacial score (nSPS) is 29.5. The molecule has 0 spiro atoms. The second-order valence-electron chi connectivity index (χ2n) is 12.8. The fourth-order valence-electron chi connectivity index (χ4n) is 7.03. The van der Waals surface area contributed by atoms with E-state index in [0.717, 1.165) is 29.9 Å². The van der Waals surface area contributed by atoms with Gasteiger partial charge in [0.15, 0.2) is 6.23 Å². The summed E-state index contributed by atoms with van der Waals surface area (Å²) >= 11 is 0. The van der Waals surface area contributed by atoms with Crippen molar-refractivity contribution in [3.8, 4) is 0 Å². The first-order valence-corrected chi connectivity index (χ1v) is 18.5. The molecule has 6 rings (SSSR count). The van der Waals surface area contributed by atoms with Crippen LogP contribution in [0, 0.1) is 0 Å². The number of hydrogen-bond donors (Lipinski definition) is 4. The van der Waals surface area contributed by atoms with Gasteiger partial charge in [0.05, 0.1) is 33.0 Å². The number of morpholine rings is 2.